The van der Waals surface area contributed by atoms with Gasteiger partial charge in [-0.3, -0.25) is 9.58 Å². The number of para-hydroxylation sites is 1. The number of urea groups is 1. The molecule has 21 heavy (non-hydrogen) atoms. The third-order valence-electron chi connectivity index (χ3n) is 2.98. The number of aromatic carboxylic acids is 1. The van der Waals surface area contributed by atoms with Crippen LogP contribution >= 0.6 is 0 Å². The molecule has 0 bridgehead atoms. The third kappa shape index (κ3) is 3.59. The zero-order valence-electron chi connectivity index (χ0n) is 11.6. The molecule has 0 radical (unpaired) electrons. The van der Waals surface area contributed by atoms with Gasteiger partial charge in [-0.1, -0.05) is 12.1 Å². The molecule has 0 fully saturated rings. The summed E-state index contributed by atoms with van der Waals surface area (Å²) in [6, 6.07) is 7.81. The molecular formula is C14H16N4O3. The first-order valence-corrected chi connectivity index (χ1v) is 6.41. The number of anilines is 1. The summed E-state index contributed by atoms with van der Waals surface area (Å²) in [6.45, 7) is 0.952. The van der Waals surface area contributed by atoms with Gasteiger partial charge in [0.1, 0.15) is 0 Å². The van der Waals surface area contributed by atoms with Crippen molar-refractivity contribution in [2.24, 2.45) is 0 Å². The van der Waals surface area contributed by atoms with E-state index in [9.17, 15) is 9.59 Å². The predicted octanol–water partition coefficient (Wildman–Crippen LogP) is 1.43. The van der Waals surface area contributed by atoms with Crippen molar-refractivity contribution < 1.29 is 14.7 Å². The van der Waals surface area contributed by atoms with Crippen LogP contribution in [-0.4, -0.2) is 40.5 Å². The Hall–Kier alpha value is -2.83. The molecule has 0 unspecified atom stereocenters. The SMILES string of the molecule is CN(C(=O)NCCn1cccn1)c1ccccc1C(=O)O. The van der Waals surface area contributed by atoms with Gasteiger partial charge in [-0.25, -0.2) is 9.59 Å². The van der Waals surface area contributed by atoms with E-state index < -0.39 is 5.97 Å². The standard InChI is InChI=1S/C14H16N4O3/c1-17(12-6-3-2-5-11(12)13(19)20)14(21)15-8-10-18-9-4-7-16-18/h2-7,9H,8,10H2,1H3,(H,15,21)(H,19,20). The molecule has 0 saturated carbocycles. The van der Waals surface area contributed by atoms with E-state index >= 15 is 0 Å². The topological polar surface area (TPSA) is 87.5 Å². The Morgan fingerprint density at radius 1 is 1.33 bits per heavy atom. The number of rotatable bonds is 5. The number of aromatic nitrogens is 2. The highest BCUT2D eigenvalue weighted by molar-refractivity contribution is 6.01. The zero-order chi connectivity index (χ0) is 15.2. The molecule has 0 aliphatic carbocycles. The van der Waals surface area contributed by atoms with Crippen LogP contribution in [0.15, 0.2) is 42.7 Å². The van der Waals surface area contributed by atoms with Crippen molar-refractivity contribution in [2.75, 3.05) is 18.5 Å². The molecule has 1 aromatic carbocycles. The fraction of sp³-hybridized carbons (Fsp3) is 0.214. The number of nitrogens with one attached hydrogen (secondary N) is 1. The number of nitrogens with zero attached hydrogens (tertiary/aromatic N) is 3. The summed E-state index contributed by atoms with van der Waals surface area (Å²) in [5.41, 5.74) is 0.434. The van der Waals surface area contributed by atoms with Crippen LogP contribution in [-0.2, 0) is 6.54 Å². The molecule has 0 aliphatic rings. The van der Waals surface area contributed by atoms with Gasteiger partial charge in [-0.2, -0.15) is 5.10 Å². The minimum atomic E-state index is -1.07. The lowest BCUT2D eigenvalue weighted by Gasteiger charge is -2.19. The van der Waals surface area contributed by atoms with E-state index in [0.717, 1.165) is 0 Å². The molecule has 7 nitrogen and oxygen atoms in total. The monoisotopic (exact) mass is 288 g/mol. The smallest absolute Gasteiger partial charge is 0.337 e. The van der Waals surface area contributed by atoms with Gasteiger partial charge in [0.15, 0.2) is 0 Å². The Morgan fingerprint density at radius 3 is 2.76 bits per heavy atom. The van der Waals surface area contributed by atoms with E-state index in [1.54, 1.807) is 41.3 Å². The third-order valence-corrected chi connectivity index (χ3v) is 2.98. The van der Waals surface area contributed by atoms with Gasteiger partial charge in [0, 0.05) is 26.0 Å². The number of carboxylic acid groups (broad SMARTS) is 1. The number of benzene rings is 1. The van der Waals surface area contributed by atoms with Gasteiger partial charge in [0.25, 0.3) is 0 Å². The average Bonchev–Trinajstić information content (AvgIpc) is 2.99. The summed E-state index contributed by atoms with van der Waals surface area (Å²) >= 11 is 0. The van der Waals surface area contributed by atoms with Crippen LogP contribution in [0.3, 0.4) is 0 Å². The number of carboxylic acids is 1. The Labute approximate surface area is 121 Å². The molecule has 0 aliphatic heterocycles. The quantitative estimate of drug-likeness (QED) is 0.871. The second-order valence-electron chi connectivity index (χ2n) is 4.38. The summed E-state index contributed by atoms with van der Waals surface area (Å²) in [5.74, 6) is -1.07. The highest BCUT2D eigenvalue weighted by Crippen LogP contribution is 2.18. The van der Waals surface area contributed by atoms with E-state index in [4.69, 9.17) is 5.11 Å². The van der Waals surface area contributed by atoms with Gasteiger partial charge >= 0.3 is 12.0 Å². The number of carbonyl (C=O) groups is 2. The molecule has 110 valence electrons. The fourth-order valence-corrected chi connectivity index (χ4v) is 1.89. The fourth-order valence-electron chi connectivity index (χ4n) is 1.89. The number of hydrogen-bond acceptors (Lipinski definition) is 3. The molecule has 2 aromatic rings. The summed E-state index contributed by atoms with van der Waals surface area (Å²) in [6.07, 6.45) is 3.46. The van der Waals surface area contributed by atoms with Gasteiger partial charge in [0.2, 0.25) is 0 Å². The van der Waals surface area contributed by atoms with Gasteiger partial charge < -0.3 is 10.4 Å². The van der Waals surface area contributed by atoms with E-state index in [2.05, 4.69) is 10.4 Å². The maximum Gasteiger partial charge on any atom is 0.337 e. The second-order valence-corrected chi connectivity index (χ2v) is 4.38. The van der Waals surface area contributed by atoms with E-state index in [-0.39, 0.29) is 11.6 Å². The van der Waals surface area contributed by atoms with Gasteiger partial charge in [-0.05, 0) is 18.2 Å². The van der Waals surface area contributed by atoms with Crippen molar-refractivity contribution in [3.8, 4) is 0 Å². The first-order valence-electron chi connectivity index (χ1n) is 6.41. The first-order chi connectivity index (χ1) is 10.1. The minimum absolute atomic E-state index is 0.0854. The molecule has 2 amide bonds. The Balaban J connectivity index is 1.97. The molecule has 0 spiro atoms. The maximum absolute atomic E-state index is 12.0. The highest BCUT2D eigenvalue weighted by Gasteiger charge is 2.17. The van der Waals surface area contributed by atoms with Crippen molar-refractivity contribution in [3.05, 3.63) is 48.3 Å². The Morgan fingerprint density at radius 2 is 2.10 bits per heavy atom. The van der Waals surface area contributed by atoms with Gasteiger partial charge in [-0.15, -0.1) is 0 Å². The summed E-state index contributed by atoms with van der Waals surface area (Å²) in [7, 11) is 1.53. The number of hydrogen-bond donors (Lipinski definition) is 2. The van der Waals surface area contributed by atoms with Crippen LogP contribution in [0, 0.1) is 0 Å². The highest BCUT2D eigenvalue weighted by atomic mass is 16.4. The molecule has 2 N–H and O–H groups in total. The van der Waals surface area contributed by atoms with Crippen LogP contribution in [0.2, 0.25) is 0 Å². The van der Waals surface area contributed by atoms with Crippen molar-refractivity contribution in [1.29, 1.82) is 0 Å². The summed E-state index contributed by atoms with van der Waals surface area (Å²) in [5, 5.41) is 15.9. The van der Waals surface area contributed by atoms with Crippen molar-refractivity contribution in [1.82, 2.24) is 15.1 Å². The normalized spacial score (nSPS) is 10.1. The largest absolute Gasteiger partial charge is 0.478 e. The molecular weight excluding hydrogens is 272 g/mol. The number of carbonyl (C=O) groups excluding carboxylic acids is 1. The van der Waals surface area contributed by atoms with E-state index in [1.165, 1.54) is 18.0 Å². The summed E-state index contributed by atoms with van der Waals surface area (Å²) < 4.78 is 1.70. The van der Waals surface area contributed by atoms with Crippen LogP contribution in [0.5, 0.6) is 0 Å². The predicted molar refractivity (Wildman–Crippen MR) is 77.4 cm³/mol. The average molecular weight is 288 g/mol. The Kier molecular flexibility index (Phi) is 4.55. The summed E-state index contributed by atoms with van der Waals surface area (Å²) in [4.78, 5) is 24.5. The molecule has 0 saturated heterocycles. The molecule has 7 heteroatoms. The minimum Gasteiger partial charge on any atom is -0.478 e. The van der Waals surface area contributed by atoms with Crippen LogP contribution < -0.4 is 10.2 Å². The van der Waals surface area contributed by atoms with Crippen molar-refractivity contribution >= 4 is 17.7 Å². The Bertz CT molecular complexity index is 625. The second kappa shape index (κ2) is 6.56. The molecule has 1 heterocycles. The maximum atomic E-state index is 12.0. The first kappa shape index (κ1) is 14.6. The number of amides is 2. The lowest BCUT2D eigenvalue weighted by Crippen LogP contribution is -2.39. The molecule has 2 rings (SSSR count). The van der Waals surface area contributed by atoms with Crippen LogP contribution in [0.25, 0.3) is 0 Å². The van der Waals surface area contributed by atoms with Crippen molar-refractivity contribution in [3.63, 3.8) is 0 Å². The van der Waals surface area contributed by atoms with E-state index in [0.29, 0.717) is 18.8 Å². The van der Waals surface area contributed by atoms with Crippen molar-refractivity contribution in [2.45, 2.75) is 6.54 Å². The lowest BCUT2D eigenvalue weighted by atomic mass is 10.1. The lowest BCUT2D eigenvalue weighted by molar-refractivity contribution is 0.0697. The van der Waals surface area contributed by atoms with Crippen LogP contribution in [0.1, 0.15) is 10.4 Å². The van der Waals surface area contributed by atoms with Crippen LogP contribution in [0.4, 0.5) is 10.5 Å². The zero-order valence-corrected chi connectivity index (χ0v) is 11.6. The molecule has 0 atom stereocenters. The van der Waals surface area contributed by atoms with E-state index in [1.807, 2.05) is 0 Å². The molecule has 1 aromatic heterocycles. The van der Waals surface area contributed by atoms with Gasteiger partial charge in [0.05, 0.1) is 17.8 Å².